The van der Waals surface area contributed by atoms with Crippen LogP contribution in [0.1, 0.15) is 25.5 Å². The Morgan fingerprint density at radius 3 is 2.57 bits per heavy atom. The van der Waals surface area contributed by atoms with Gasteiger partial charge in [-0.05, 0) is 18.1 Å². The number of thiazole rings is 1. The fraction of sp³-hybridized carbons (Fsp3) is 0.273. The van der Waals surface area contributed by atoms with Gasteiger partial charge in [0, 0.05) is 29.0 Å². The molecule has 0 aliphatic heterocycles. The predicted molar refractivity (Wildman–Crippen MR) is 59.4 cm³/mol. The lowest BCUT2D eigenvalue weighted by Gasteiger charge is -2.03. The zero-order chi connectivity index (χ0) is 9.97. The van der Waals surface area contributed by atoms with Crippen LogP contribution in [0.4, 0.5) is 0 Å². The molecule has 0 aliphatic carbocycles. The lowest BCUT2D eigenvalue weighted by atomic mass is 10.1. The highest BCUT2D eigenvalue weighted by atomic mass is 32.1. The molecule has 0 spiro atoms. The van der Waals surface area contributed by atoms with E-state index in [2.05, 4.69) is 35.9 Å². The third-order valence-corrected chi connectivity index (χ3v) is 2.88. The number of nitrogens with zero attached hydrogens (tertiary/aromatic N) is 2. The zero-order valence-corrected chi connectivity index (χ0v) is 9.08. The Morgan fingerprint density at radius 1 is 1.21 bits per heavy atom. The van der Waals surface area contributed by atoms with Gasteiger partial charge in [0.15, 0.2) is 0 Å². The zero-order valence-electron chi connectivity index (χ0n) is 8.27. The summed E-state index contributed by atoms with van der Waals surface area (Å²) < 4.78 is 0. The molecule has 2 rings (SSSR count). The van der Waals surface area contributed by atoms with E-state index in [0.717, 1.165) is 16.3 Å². The van der Waals surface area contributed by atoms with Gasteiger partial charge in [-0.1, -0.05) is 13.8 Å². The third kappa shape index (κ3) is 1.82. The van der Waals surface area contributed by atoms with E-state index < -0.39 is 0 Å². The topological polar surface area (TPSA) is 25.8 Å². The van der Waals surface area contributed by atoms with E-state index in [4.69, 9.17) is 0 Å². The lowest BCUT2D eigenvalue weighted by Crippen LogP contribution is -1.91. The largest absolute Gasteiger partial charge is 0.260 e. The van der Waals surface area contributed by atoms with E-state index in [1.54, 1.807) is 11.3 Å². The summed E-state index contributed by atoms with van der Waals surface area (Å²) in [5.74, 6) is 0.486. The van der Waals surface area contributed by atoms with Gasteiger partial charge in [-0.15, -0.1) is 11.3 Å². The fourth-order valence-electron chi connectivity index (χ4n) is 1.24. The van der Waals surface area contributed by atoms with Crippen molar-refractivity contribution in [3.63, 3.8) is 0 Å². The van der Waals surface area contributed by atoms with Crippen molar-refractivity contribution in [3.05, 3.63) is 35.6 Å². The lowest BCUT2D eigenvalue weighted by molar-refractivity contribution is 0.823. The third-order valence-electron chi connectivity index (χ3n) is 2.06. The first-order valence-corrected chi connectivity index (χ1v) is 5.51. The van der Waals surface area contributed by atoms with Crippen LogP contribution < -0.4 is 0 Å². The second-order valence-corrected chi connectivity index (χ2v) is 4.36. The maximum absolute atomic E-state index is 4.40. The van der Waals surface area contributed by atoms with E-state index in [-0.39, 0.29) is 0 Å². The summed E-state index contributed by atoms with van der Waals surface area (Å²) in [5, 5.41) is 3.01. The van der Waals surface area contributed by atoms with Crippen LogP contribution >= 0.6 is 11.3 Å². The van der Waals surface area contributed by atoms with Crippen molar-refractivity contribution in [3.8, 4) is 10.6 Å². The van der Waals surface area contributed by atoms with Crippen molar-refractivity contribution in [1.29, 1.82) is 0 Å². The smallest absolute Gasteiger partial charge is 0.124 e. The van der Waals surface area contributed by atoms with Gasteiger partial charge in [-0.2, -0.15) is 0 Å². The molecule has 0 radical (unpaired) electrons. The van der Waals surface area contributed by atoms with Crippen LogP contribution in [0.15, 0.2) is 29.9 Å². The number of hydrogen-bond donors (Lipinski definition) is 0. The summed E-state index contributed by atoms with van der Waals surface area (Å²) in [6.45, 7) is 4.29. The summed E-state index contributed by atoms with van der Waals surface area (Å²) in [5.41, 5.74) is 2.23. The first-order valence-electron chi connectivity index (χ1n) is 4.63. The summed E-state index contributed by atoms with van der Waals surface area (Å²) in [6, 6.07) is 4.16. The van der Waals surface area contributed by atoms with Crippen molar-refractivity contribution in [2.24, 2.45) is 0 Å². The highest BCUT2D eigenvalue weighted by Gasteiger charge is 2.03. The Balaban J connectivity index is 2.31. The molecule has 72 valence electrons. The van der Waals surface area contributed by atoms with Gasteiger partial charge >= 0.3 is 0 Å². The van der Waals surface area contributed by atoms with Gasteiger partial charge in [0.25, 0.3) is 0 Å². The van der Waals surface area contributed by atoms with Gasteiger partial charge in [-0.25, -0.2) is 4.98 Å². The molecule has 2 aromatic heterocycles. The van der Waals surface area contributed by atoms with Crippen molar-refractivity contribution in [2.75, 3.05) is 0 Å². The molecule has 0 amide bonds. The SMILES string of the molecule is CC(C)c1ccc(-c2nccs2)cn1. The van der Waals surface area contributed by atoms with Crippen LogP contribution in [0.3, 0.4) is 0 Å². The minimum absolute atomic E-state index is 0.486. The molecule has 0 atom stereocenters. The van der Waals surface area contributed by atoms with Crippen molar-refractivity contribution < 1.29 is 0 Å². The maximum Gasteiger partial charge on any atom is 0.124 e. The number of rotatable bonds is 2. The van der Waals surface area contributed by atoms with E-state index in [9.17, 15) is 0 Å². The predicted octanol–water partition coefficient (Wildman–Crippen LogP) is 3.33. The molecule has 0 fully saturated rings. The minimum Gasteiger partial charge on any atom is -0.260 e. The molecule has 2 aromatic rings. The summed E-state index contributed by atoms with van der Waals surface area (Å²) >= 11 is 1.64. The van der Waals surface area contributed by atoms with Gasteiger partial charge in [0.2, 0.25) is 0 Å². The Bertz CT molecular complexity index is 390. The van der Waals surface area contributed by atoms with Gasteiger partial charge in [0.1, 0.15) is 5.01 Å². The second kappa shape index (κ2) is 3.88. The normalized spacial score (nSPS) is 10.8. The van der Waals surface area contributed by atoms with Gasteiger partial charge in [-0.3, -0.25) is 4.98 Å². The standard InChI is InChI=1S/C11H12N2S/c1-8(2)10-4-3-9(7-13-10)11-12-5-6-14-11/h3-8H,1-2H3. The molecular formula is C11H12N2S. The maximum atomic E-state index is 4.40. The van der Waals surface area contributed by atoms with Crippen LogP contribution in [0.25, 0.3) is 10.6 Å². The molecule has 0 N–H and O–H groups in total. The second-order valence-electron chi connectivity index (χ2n) is 3.46. The van der Waals surface area contributed by atoms with Crippen LogP contribution in [0.5, 0.6) is 0 Å². The molecule has 14 heavy (non-hydrogen) atoms. The van der Waals surface area contributed by atoms with Crippen LogP contribution in [0.2, 0.25) is 0 Å². The Hall–Kier alpha value is -1.22. The van der Waals surface area contributed by atoms with Gasteiger partial charge in [0.05, 0.1) is 0 Å². The molecule has 0 bridgehead atoms. The number of pyridine rings is 1. The van der Waals surface area contributed by atoms with Gasteiger partial charge < -0.3 is 0 Å². The minimum atomic E-state index is 0.486. The molecular weight excluding hydrogens is 192 g/mol. The highest BCUT2D eigenvalue weighted by molar-refractivity contribution is 7.13. The first-order chi connectivity index (χ1) is 6.77. The number of aromatic nitrogens is 2. The molecule has 0 aliphatic rings. The molecule has 0 saturated carbocycles. The Morgan fingerprint density at radius 2 is 2.07 bits per heavy atom. The Kier molecular flexibility index (Phi) is 2.59. The van der Waals surface area contributed by atoms with Crippen molar-refractivity contribution >= 4 is 11.3 Å². The fourth-order valence-corrected chi connectivity index (χ4v) is 1.87. The van der Waals surface area contributed by atoms with Crippen molar-refractivity contribution in [1.82, 2.24) is 9.97 Å². The molecule has 2 nitrogen and oxygen atoms in total. The van der Waals surface area contributed by atoms with Crippen molar-refractivity contribution in [2.45, 2.75) is 19.8 Å². The Labute approximate surface area is 87.7 Å². The van der Waals surface area contributed by atoms with Crippen LogP contribution in [-0.4, -0.2) is 9.97 Å². The first kappa shape index (κ1) is 9.34. The summed E-state index contributed by atoms with van der Waals surface area (Å²) in [6.07, 6.45) is 3.71. The average molecular weight is 204 g/mol. The van der Waals surface area contributed by atoms with E-state index in [1.165, 1.54) is 0 Å². The summed E-state index contributed by atoms with van der Waals surface area (Å²) in [7, 11) is 0. The average Bonchev–Trinajstić information content (AvgIpc) is 2.71. The summed E-state index contributed by atoms with van der Waals surface area (Å²) in [4.78, 5) is 8.64. The highest BCUT2D eigenvalue weighted by Crippen LogP contribution is 2.22. The van der Waals surface area contributed by atoms with E-state index in [0.29, 0.717) is 5.92 Å². The monoisotopic (exact) mass is 204 g/mol. The van der Waals surface area contributed by atoms with E-state index >= 15 is 0 Å². The molecule has 0 unspecified atom stereocenters. The molecule has 3 heteroatoms. The quantitative estimate of drug-likeness (QED) is 0.750. The van der Waals surface area contributed by atoms with E-state index in [1.807, 2.05) is 17.8 Å². The molecule has 0 saturated heterocycles. The van der Waals surface area contributed by atoms with Crippen LogP contribution in [-0.2, 0) is 0 Å². The van der Waals surface area contributed by atoms with Crippen LogP contribution in [0, 0.1) is 0 Å². The molecule has 2 heterocycles. The number of hydrogen-bond acceptors (Lipinski definition) is 3. The molecule has 0 aromatic carbocycles.